The van der Waals surface area contributed by atoms with Crippen molar-refractivity contribution in [2.45, 2.75) is 18.9 Å². The second-order valence-electron chi connectivity index (χ2n) is 4.68. The molecule has 0 saturated carbocycles. The first-order valence-corrected chi connectivity index (χ1v) is 5.87. The van der Waals surface area contributed by atoms with Gasteiger partial charge in [-0.15, -0.1) is 0 Å². The molecule has 1 aromatic rings. The average Bonchev–Trinajstić information content (AvgIpc) is 2.74. The third-order valence-electron chi connectivity index (χ3n) is 3.21. The predicted molar refractivity (Wildman–Crippen MR) is 69.3 cm³/mol. The van der Waals surface area contributed by atoms with Crippen LogP contribution >= 0.6 is 0 Å². The lowest BCUT2D eigenvalue weighted by Crippen LogP contribution is -2.39. The van der Waals surface area contributed by atoms with Crippen molar-refractivity contribution in [1.29, 1.82) is 0 Å². The first kappa shape index (κ1) is 12.2. The Morgan fingerprint density at radius 1 is 1.47 bits per heavy atom. The van der Waals surface area contributed by atoms with Gasteiger partial charge in [0.25, 0.3) is 0 Å². The van der Waals surface area contributed by atoms with Gasteiger partial charge in [0.05, 0.1) is 6.61 Å². The minimum Gasteiger partial charge on any atom is -0.399 e. The molecule has 0 radical (unpaired) electrons. The van der Waals surface area contributed by atoms with Crippen molar-refractivity contribution in [3.63, 3.8) is 0 Å². The van der Waals surface area contributed by atoms with Gasteiger partial charge in [-0.3, -0.25) is 0 Å². The number of methoxy groups -OCH3 is 1. The second kappa shape index (κ2) is 4.94. The number of benzene rings is 1. The van der Waals surface area contributed by atoms with Crippen LogP contribution in [0.2, 0.25) is 0 Å². The van der Waals surface area contributed by atoms with E-state index in [9.17, 15) is 0 Å². The fraction of sp³-hybridized carbons (Fsp3) is 0.538. The van der Waals surface area contributed by atoms with Gasteiger partial charge in [-0.25, -0.2) is 0 Å². The van der Waals surface area contributed by atoms with Crippen LogP contribution in [-0.2, 0) is 9.47 Å². The van der Waals surface area contributed by atoms with Crippen molar-refractivity contribution in [2.75, 3.05) is 37.9 Å². The number of ether oxygens (including phenoxy) is 2. The molecule has 0 spiro atoms. The molecule has 1 aliphatic rings. The Bertz CT molecular complexity index is 367. The van der Waals surface area contributed by atoms with Crippen LogP contribution in [-0.4, -0.2) is 32.5 Å². The van der Waals surface area contributed by atoms with Gasteiger partial charge in [0.15, 0.2) is 0 Å². The molecule has 0 aliphatic carbocycles. The molecular formula is C13H20N2O2. The molecule has 17 heavy (non-hydrogen) atoms. The summed E-state index contributed by atoms with van der Waals surface area (Å²) in [5.74, 6) is 0. The Morgan fingerprint density at radius 3 is 2.88 bits per heavy atom. The van der Waals surface area contributed by atoms with Crippen LogP contribution in [0.4, 0.5) is 11.4 Å². The molecule has 1 saturated heterocycles. The van der Waals surface area contributed by atoms with Crippen LogP contribution < -0.4 is 11.1 Å². The summed E-state index contributed by atoms with van der Waals surface area (Å²) in [5.41, 5.74) is 8.58. The first-order chi connectivity index (χ1) is 8.13. The van der Waals surface area contributed by atoms with E-state index in [2.05, 4.69) is 11.4 Å². The largest absolute Gasteiger partial charge is 0.399 e. The standard InChI is InChI=1S/C13H20N2O2/c1-10-5-11(14)7-12(6-10)15-8-13(16-2)3-4-17-9-13/h5-7,15H,3-4,8-9,14H2,1-2H3. The van der Waals surface area contributed by atoms with E-state index in [0.29, 0.717) is 6.61 Å². The Hall–Kier alpha value is -1.26. The van der Waals surface area contributed by atoms with E-state index in [-0.39, 0.29) is 5.60 Å². The zero-order chi connectivity index (χ0) is 12.3. The van der Waals surface area contributed by atoms with E-state index in [0.717, 1.165) is 36.5 Å². The summed E-state index contributed by atoms with van der Waals surface area (Å²) in [7, 11) is 1.74. The molecule has 94 valence electrons. The first-order valence-electron chi connectivity index (χ1n) is 5.87. The van der Waals surface area contributed by atoms with Crippen LogP contribution in [0.25, 0.3) is 0 Å². The maximum atomic E-state index is 5.81. The number of anilines is 2. The molecule has 4 nitrogen and oxygen atoms in total. The summed E-state index contributed by atoms with van der Waals surface area (Å²) < 4.78 is 11.0. The van der Waals surface area contributed by atoms with E-state index < -0.39 is 0 Å². The molecule has 2 rings (SSSR count). The van der Waals surface area contributed by atoms with Gasteiger partial charge in [0, 0.05) is 38.1 Å². The van der Waals surface area contributed by atoms with Gasteiger partial charge in [0.1, 0.15) is 5.60 Å². The number of nitrogen functional groups attached to an aromatic ring is 1. The summed E-state index contributed by atoms with van der Waals surface area (Å²) in [6.07, 6.45) is 0.928. The van der Waals surface area contributed by atoms with E-state index in [4.69, 9.17) is 15.2 Å². The summed E-state index contributed by atoms with van der Waals surface area (Å²) >= 11 is 0. The zero-order valence-corrected chi connectivity index (χ0v) is 10.5. The maximum absolute atomic E-state index is 5.81. The van der Waals surface area contributed by atoms with Crippen LogP contribution in [0.5, 0.6) is 0 Å². The lowest BCUT2D eigenvalue weighted by molar-refractivity contribution is -0.00619. The second-order valence-corrected chi connectivity index (χ2v) is 4.68. The Balaban J connectivity index is 2.01. The molecule has 1 unspecified atom stereocenters. The highest BCUT2D eigenvalue weighted by Crippen LogP contribution is 2.24. The highest BCUT2D eigenvalue weighted by atomic mass is 16.5. The van der Waals surface area contributed by atoms with Gasteiger partial charge in [0.2, 0.25) is 0 Å². The van der Waals surface area contributed by atoms with Gasteiger partial charge in [-0.1, -0.05) is 0 Å². The molecule has 0 aromatic heterocycles. The van der Waals surface area contributed by atoms with Crippen molar-refractivity contribution in [3.05, 3.63) is 23.8 Å². The molecule has 4 heteroatoms. The molecule has 1 aromatic carbocycles. The highest BCUT2D eigenvalue weighted by molar-refractivity contribution is 5.56. The van der Waals surface area contributed by atoms with Gasteiger partial charge in [-0.05, 0) is 30.7 Å². The molecule has 1 heterocycles. The monoisotopic (exact) mass is 236 g/mol. The predicted octanol–water partition coefficient (Wildman–Crippen LogP) is 1.79. The Kier molecular flexibility index (Phi) is 3.54. The van der Waals surface area contributed by atoms with Gasteiger partial charge < -0.3 is 20.5 Å². The molecule has 1 atom stereocenters. The normalized spacial score (nSPS) is 23.9. The highest BCUT2D eigenvalue weighted by Gasteiger charge is 2.34. The average molecular weight is 236 g/mol. The van der Waals surface area contributed by atoms with Crippen LogP contribution in [0.3, 0.4) is 0 Å². The van der Waals surface area contributed by atoms with E-state index in [1.54, 1.807) is 7.11 Å². The number of nitrogens with two attached hydrogens (primary N) is 1. The fourth-order valence-corrected chi connectivity index (χ4v) is 2.14. The summed E-state index contributed by atoms with van der Waals surface area (Å²) in [6, 6.07) is 5.97. The lowest BCUT2D eigenvalue weighted by Gasteiger charge is -2.26. The third-order valence-corrected chi connectivity index (χ3v) is 3.21. The van der Waals surface area contributed by atoms with Crippen molar-refractivity contribution >= 4 is 11.4 Å². The lowest BCUT2D eigenvalue weighted by atomic mass is 10.0. The summed E-state index contributed by atoms with van der Waals surface area (Å²) in [5, 5.41) is 3.38. The van der Waals surface area contributed by atoms with Crippen LogP contribution in [0.15, 0.2) is 18.2 Å². The van der Waals surface area contributed by atoms with E-state index in [1.807, 2.05) is 19.1 Å². The molecule has 3 N–H and O–H groups in total. The Labute approximate surface area is 102 Å². The zero-order valence-electron chi connectivity index (χ0n) is 10.5. The van der Waals surface area contributed by atoms with Crippen molar-refractivity contribution in [1.82, 2.24) is 0 Å². The van der Waals surface area contributed by atoms with Crippen LogP contribution in [0, 0.1) is 6.92 Å². The van der Waals surface area contributed by atoms with Gasteiger partial charge in [-0.2, -0.15) is 0 Å². The maximum Gasteiger partial charge on any atom is 0.110 e. The molecule has 0 bridgehead atoms. The number of aryl methyl sites for hydroxylation is 1. The molecular weight excluding hydrogens is 216 g/mol. The third kappa shape index (κ3) is 2.90. The van der Waals surface area contributed by atoms with Crippen molar-refractivity contribution in [3.8, 4) is 0 Å². The minimum absolute atomic E-state index is 0.196. The van der Waals surface area contributed by atoms with E-state index in [1.165, 1.54) is 0 Å². The fourth-order valence-electron chi connectivity index (χ4n) is 2.14. The molecule has 0 amide bonds. The smallest absolute Gasteiger partial charge is 0.110 e. The summed E-state index contributed by atoms with van der Waals surface area (Å²) in [6.45, 7) is 4.20. The van der Waals surface area contributed by atoms with Gasteiger partial charge >= 0.3 is 0 Å². The van der Waals surface area contributed by atoms with E-state index >= 15 is 0 Å². The quantitative estimate of drug-likeness (QED) is 0.783. The van der Waals surface area contributed by atoms with Crippen molar-refractivity contribution in [2.24, 2.45) is 0 Å². The number of hydrogen-bond acceptors (Lipinski definition) is 4. The Morgan fingerprint density at radius 2 is 2.29 bits per heavy atom. The molecule has 1 fully saturated rings. The van der Waals surface area contributed by atoms with Crippen molar-refractivity contribution < 1.29 is 9.47 Å². The number of hydrogen-bond donors (Lipinski definition) is 2. The number of nitrogens with one attached hydrogen (secondary N) is 1. The topological polar surface area (TPSA) is 56.5 Å². The SMILES string of the molecule is COC1(CNc2cc(C)cc(N)c2)CCOC1. The number of rotatable bonds is 4. The summed E-state index contributed by atoms with van der Waals surface area (Å²) in [4.78, 5) is 0. The molecule has 1 aliphatic heterocycles. The minimum atomic E-state index is -0.196. The van der Waals surface area contributed by atoms with Crippen LogP contribution in [0.1, 0.15) is 12.0 Å².